The monoisotopic (exact) mass is 658 g/mol. The Hall–Kier alpha value is -4.78. The summed E-state index contributed by atoms with van der Waals surface area (Å²) in [4.78, 5) is 80.5. The Bertz CT molecular complexity index is 1610. The van der Waals surface area contributed by atoms with Gasteiger partial charge in [-0.2, -0.15) is 0 Å². The van der Waals surface area contributed by atoms with Gasteiger partial charge >= 0.3 is 18.0 Å². The van der Waals surface area contributed by atoms with Crippen molar-refractivity contribution in [2.75, 3.05) is 17.2 Å². The Morgan fingerprint density at radius 1 is 0.917 bits per heavy atom. The van der Waals surface area contributed by atoms with E-state index in [1.54, 1.807) is 50.2 Å². The number of hydrogen-bond acceptors (Lipinski definition) is 7. The quantitative estimate of drug-likeness (QED) is 0.226. The first-order valence-corrected chi connectivity index (χ1v) is 16.4. The maximum atomic E-state index is 13.7. The topological polar surface area (TPSA) is 191 Å². The molecule has 4 atom stereocenters. The number of ketones is 1. The van der Waals surface area contributed by atoms with Crippen molar-refractivity contribution in [1.29, 1.82) is 0 Å². The molecule has 48 heavy (non-hydrogen) atoms. The van der Waals surface area contributed by atoms with Crippen LogP contribution in [0, 0.1) is 23.2 Å². The predicted octanol–water partition coefficient (Wildman–Crippen LogP) is 3.56. The van der Waals surface area contributed by atoms with E-state index < -0.39 is 65.8 Å². The predicted molar refractivity (Wildman–Crippen MR) is 175 cm³/mol. The Labute approximate surface area is 278 Å². The summed E-state index contributed by atoms with van der Waals surface area (Å²) in [6.07, 6.45) is 3.35. The van der Waals surface area contributed by atoms with Crippen LogP contribution in [-0.4, -0.2) is 74.7 Å². The van der Waals surface area contributed by atoms with Crippen LogP contribution in [0.4, 0.5) is 21.0 Å². The highest BCUT2D eigenvalue weighted by Crippen LogP contribution is 2.60. The fraction of sp³-hybridized carbons (Fsp3) is 0.486. The van der Waals surface area contributed by atoms with Crippen molar-refractivity contribution in [1.82, 2.24) is 15.1 Å². The van der Waals surface area contributed by atoms with Crippen molar-refractivity contribution in [2.45, 2.75) is 76.5 Å². The molecule has 4 saturated carbocycles. The van der Waals surface area contributed by atoms with E-state index in [-0.39, 0.29) is 18.2 Å². The summed E-state index contributed by atoms with van der Waals surface area (Å²) < 4.78 is 0. The van der Waals surface area contributed by atoms with Crippen molar-refractivity contribution >= 4 is 47.0 Å². The second-order valence-corrected chi connectivity index (χ2v) is 14.3. The van der Waals surface area contributed by atoms with E-state index in [1.165, 1.54) is 4.90 Å². The summed E-state index contributed by atoms with van der Waals surface area (Å²) in [5, 5.41) is 17.8. The highest BCUT2D eigenvalue weighted by molar-refractivity contribution is 6.08. The average molecular weight is 659 g/mol. The van der Waals surface area contributed by atoms with Gasteiger partial charge in [0.1, 0.15) is 12.1 Å². The fourth-order valence-electron chi connectivity index (χ4n) is 8.68. The molecule has 4 bridgehead atoms. The molecule has 1 heterocycles. The smallest absolute Gasteiger partial charge is 0.328 e. The highest BCUT2D eigenvalue weighted by Gasteiger charge is 2.61. The average Bonchev–Trinajstić information content (AvgIpc) is 3.18. The minimum absolute atomic E-state index is 0.0426. The van der Waals surface area contributed by atoms with Gasteiger partial charge in [-0.25, -0.2) is 9.59 Å². The van der Waals surface area contributed by atoms with Gasteiger partial charge in [-0.1, -0.05) is 30.3 Å². The van der Waals surface area contributed by atoms with E-state index in [1.807, 2.05) is 18.2 Å². The van der Waals surface area contributed by atoms with Crippen LogP contribution in [0.3, 0.4) is 0 Å². The molecule has 1 aliphatic heterocycles. The summed E-state index contributed by atoms with van der Waals surface area (Å²) in [6.45, 7) is 2.85. The molecule has 6 amide bonds. The first kappa shape index (κ1) is 33.1. The van der Waals surface area contributed by atoms with Gasteiger partial charge in [0.2, 0.25) is 5.91 Å². The third kappa shape index (κ3) is 6.26. The second kappa shape index (κ2) is 12.7. The number of nitrogens with two attached hydrogens (primary N) is 1. The highest BCUT2D eigenvalue weighted by atomic mass is 16.4. The molecule has 2 aromatic carbocycles. The number of aliphatic carboxylic acids is 1. The lowest BCUT2D eigenvalue weighted by molar-refractivity contribution is -0.156. The van der Waals surface area contributed by atoms with Gasteiger partial charge in [-0.05, 0) is 93.5 Å². The molecule has 0 spiro atoms. The first-order chi connectivity index (χ1) is 22.8. The van der Waals surface area contributed by atoms with Crippen LogP contribution < -0.4 is 21.7 Å². The third-order valence-electron chi connectivity index (χ3n) is 10.6. The van der Waals surface area contributed by atoms with Crippen LogP contribution in [0.25, 0.3) is 0 Å². The molecule has 13 heteroatoms. The number of benzene rings is 2. The molecule has 2 aromatic rings. The van der Waals surface area contributed by atoms with Crippen molar-refractivity contribution < 1.29 is 33.9 Å². The Kier molecular flexibility index (Phi) is 8.75. The van der Waals surface area contributed by atoms with Crippen LogP contribution in [0.1, 0.15) is 57.9 Å². The molecule has 7 rings (SSSR count). The van der Waals surface area contributed by atoms with Crippen molar-refractivity contribution in [2.24, 2.45) is 28.9 Å². The van der Waals surface area contributed by atoms with Gasteiger partial charge in [0.15, 0.2) is 5.78 Å². The van der Waals surface area contributed by atoms with Crippen molar-refractivity contribution in [3.05, 3.63) is 60.2 Å². The second-order valence-electron chi connectivity index (χ2n) is 14.3. The van der Waals surface area contributed by atoms with E-state index in [2.05, 4.69) is 16.0 Å². The summed E-state index contributed by atoms with van der Waals surface area (Å²) >= 11 is 0. The number of carbonyl (C=O) groups is 6. The van der Waals surface area contributed by atoms with Crippen LogP contribution in [0.5, 0.6) is 0 Å². The number of carboxylic acid groups (broad SMARTS) is 1. The fourth-order valence-corrected chi connectivity index (χ4v) is 8.68. The number of anilines is 2. The first-order valence-electron chi connectivity index (χ1n) is 16.4. The van der Waals surface area contributed by atoms with Gasteiger partial charge in [-0.15, -0.1) is 0 Å². The number of carbonyl (C=O) groups excluding carboxylic acids is 5. The molecular formula is C35H42N6O7. The molecule has 0 radical (unpaired) electrons. The summed E-state index contributed by atoms with van der Waals surface area (Å²) in [5.74, 6) is -1.85. The zero-order valence-corrected chi connectivity index (χ0v) is 27.1. The van der Waals surface area contributed by atoms with E-state index in [0.717, 1.165) is 29.7 Å². The number of amides is 6. The van der Waals surface area contributed by atoms with Crippen LogP contribution in [0.15, 0.2) is 54.6 Å². The summed E-state index contributed by atoms with van der Waals surface area (Å²) in [7, 11) is 0. The number of rotatable bonds is 11. The zero-order chi connectivity index (χ0) is 34.4. The number of imide groups is 1. The van der Waals surface area contributed by atoms with Gasteiger partial charge in [0.25, 0.3) is 5.91 Å². The Morgan fingerprint density at radius 3 is 2.12 bits per heavy atom. The maximum absolute atomic E-state index is 13.7. The number of para-hydroxylation sites is 1. The minimum atomic E-state index is -1.23. The van der Waals surface area contributed by atoms with E-state index >= 15 is 0 Å². The maximum Gasteiger partial charge on any atom is 0.328 e. The Morgan fingerprint density at radius 2 is 1.52 bits per heavy atom. The number of Topliss-reactive ketones (excluding diaryl/α,β-unsaturated/α-hetero) is 1. The lowest BCUT2D eigenvalue weighted by atomic mass is 9.45. The Balaban J connectivity index is 1.10. The van der Waals surface area contributed by atoms with E-state index in [0.29, 0.717) is 36.1 Å². The number of nitrogens with one attached hydrogen (secondary N) is 3. The lowest BCUT2D eigenvalue weighted by Crippen LogP contribution is -2.67. The summed E-state index contributed by atoms with van der Waals surface area (Å²) in [6, 6.07) is 13.2. The molecule has 254 valence electrons. The largest absolute Gasteiger partial charge is 0.481 e. The lowest BCUT2D eigenvalue weighted by Gasteiger charge is -2.60. The molecule has 4 aliphatic carbocycles. The molecule has 3 unspecified atom stereocenters. The number of hydrogen-bond donors (Lipinski definition) is 5. The number of nitrogens with zero attached hydrogens (tertiary/aromatic N) is 2. The van der Waals surface area contributed by atoms with E-state index in [9.17, 15) is 33.9 Å². The molecule has 5 aliphatic rings. The van der Waals surface area contributed by atoms with Crippen molar-refractivity contribution in [3.8, 4) is 0 Å². The van der Waals surface area contributed by atoms with Gasteiger partial charge < -0.3 is 31.7 Å². The molecule has 6 N–H and O–H groups in total. The normalized spacial score (nSPS) is 27.5. The van der Waals surface area contributed by atoms with Gasteiger partial charge in [-0.3, -0.25) is 24.1 Å². The summed E-state index contributed by atoms with van der Waals surface area (Å²) in [5.41, 5.74) is 5.83. The van der Waals surface area contributed by atoms with Gasteiger partial charge in [0.05, 0.1) is 17.9 Å². The van der Waals surface area contributed by atoms with Gasteiger partial charge in [0, 0.05) is 24.0 Å². The number of urea groups is 2. The zero-order valence-electron chi connectivity index (χ0n) is 27.1. The van der Waals surface area contributed by atoms with Crippen LogP contribution >= 0.6 is 0 Å². The minimum Gasteiger partial charge on any atom is -0.481 e. The van der Waals surface area contributed by atoms with E-state index in [4.69, 9.17) is 5.73 Å². The molecule has 1 saturated heterocycles. The molecule has 13 nitrogen and oxygen atoms in total. The third-order valence-corrected chi connectivity index (χ3v) is 10.6. The molecule has 0 aromatic heterocycles. The number of carboxylic acids is 1. The van der Waals surface area contributed by atoms with Crippen LogP contribution in [-0.2, 0) is 25.7 Å². The van der Waals surface area contributed by atoms with Crippen molar-refractivity contribution in [3.63, 3.8) is 0 Å². The molecule has 5 fully saturated rings. The SMILES string of the molecule is CC1(C)C(=O)N(CC(=O)NC2C3CC4CC(C3)CC2(C(=O)[C@@H](N)CC(=O)O)C4)C(=O)N1Cc1ccc(NC(=O)Nc2ccccc2)cc1. The van der Waals surface area contributed by atoms with Crippen LogP contribution in [0.2, 0.25) is 0 Å². The standard InChI is InChI=1S/C35H42N6O7/c1-34(2)31(46)40(33(48)41(34)18-20-8-10-25(11-9-20)38-32(47)37-24-6-4-3-5-7-24)19-27(42)39-29-23-13-21-12-22(14-23)17-35(29,16-21)30(45)26(36)15-28(43)44/h3-11,21-23,26,29H,12-19,36H2,1-2H3,(H,39,42)(H,43,44)(H2,37,38,47)/t21?,22?,23?,26-,29?,35?/m0/s1. The molecular weight excluding hydrogens is 616 g/mol.